The molecule has 4 nitrogen and oxygen atoms in total. The van der Waals surface area contributed by atoms with Crippen molar-refractivity contribution in [2.75, 3.05) is 0 Å². The van der Waals surface area contributed by atoms with Crippen LogP contribution in [0.2, 0.25) is 0 Å². The fourth-order valence-electron chi connectivity index (χ4n) is 1.57. The molecular formula is C13H18F2N2O2. The van der Waals surface area contributed by atoms with Crippen LogP contribution in [0, 0.1) is 0 Å². The van der Waals surface area contributed by atoms with Gasteiger partial charge in [-0.1, -0.05) is 27.7 Å². The highest BCUT2D eigenvalue weighted by Gasteiger charge is 2.43. The number of ether oxygens (including phenoxy) is 2. The molecule has 0 fully saturated rings. The zero-order valence-corrected chi connectivity index (χ0v) is 11.7. The highest BCUT2D eigenvalue weighted by atomic mass is 19.3. The Balaban J connectivity index is 0.000000415. The number of fused-ring (bicyclic) bond motifs is 2. The predicted octanol–water partition coefficient (Wildman–Crippen LogP) is 3.95. The minimum atomic E-state index is -3.57. The molecule has 0 spiro atoms. The molecule has 2 aromatic rings. The van der Waals surface area contributed by atoms with Gasteiger partial charge in [0.2, 0.25) is 0 Å². The molecule has 0 aliphatic carbocycles. The first-order valence-corrected chi connectivity index (χ1v) is 6.26. The quantitative estimate of drug-likeness (QED) is 0.728. The zero-order chi connectivity index (χ0) is 14.6. The molecule has 0 radical (unpaired) electrons. The predicted molar refractivity (Wildman–Crippen MR) is 69.6 cm³/mol. The molecule has 0 bridgehead atoms. The van der Waals surface area contributed by atoms with Crippen molar-refractivity contribution >= 4 is 11.0 Å². The molecule has 6 heteroatoms. The fourth-order valence-corrected chi connectivity index (χ4v) is 1.57. The molecule has 3 rings (SSSR count). The molecule has 2 heterocycles. The van der Waals surface area contributed by atoms with Gasteiger partial charge in [0.25, 0.3) is 0 Å². The molecule has 1 aliphatic heterocycles. The van der Waals surface area contributed by atoms with Crippen LogP contribution >= 0.6 is 0 Å². The van der Waals surface area contributed by atoms with Gasteiger partial charge in [0.15, 0.2) is 11.5 Å². The summed E-state index contributed by atoms with van der Waals surface area (Å²) in [4.78, 5) is 4.03. The normalized spacial score (nSPS) is 14.3. The number of alkyl halides is 2. The summed E-state index contributed by atoms with van der Waals surface area (Å²) in [5, 5.41) is 0. The number of benzene rings is 1. The van der Waals surface area contributed by atoms with E-state index >= 15 is 0 Å². The zero-order valence-electron chi connectivity index (χ0n) is 11.7. The maximum absolute atomic E-state index is 12.7. The van der Waals surface area contributed by atoms with E-state index in [9.17, 15) is 8.78 Å². The summed E-state index contributed by atoms with van der Waals surface area (Å²) in [6.07, 6.45) is -1.97. The Labute approximate surface area is 111 Å². The highest BCUT2D eigenvalue weighted by molar-refractivity contribution is 5.80. The second kappa shape index (κ2) is 5.86. The molecule has 0 atom stereocenters. The lowest BCUT2D eigenvalue weighted by Gasteiger charge is -2.04. The summed E-state index contributed by atoms with van der Waals surface area (Å²) in [5.74, 6) is 0.0577. The maximum Gasteiger partial charge on any atom is 0.586 e. The smallest absolute Gasteiger partial charge is 0.395 e. The van der Waals surface area contributed by atoms with Gasteiger partial charge in [-0.3, -0.25) is 0 Å². The van der Waals surface area contributed by atoms with Crippen LogP contribution in [0.1, 0.15) is 27.7 Å². The minimum Gasteiger partial charge on any atom is -0.395 e. The lowest BCUT2D eigenvalue weighted by Crippen LogP contribution is -2.25. The lowest BCUT2D eigenvalue weighted by atomic mass is 10.3. The van der Waals surface area contributed by atoms with Crippen molar-refractivity contribution in [2.24, 2.45) is 7.05 Å². The third-order valence-electron chi connectivity index (χ3n) is 2.25. The van der Waals surface area contributed by atoms with Crippen LogP contribution in [-0.4, -0.2) is 15.8 Å². The SMILES string of the molecule is CC.CC.Cn1cnc2cc3c(cc21)OC(F)(F)O3. The van der Waals surface area contributed by atoms with E-state index in [1.54, 1.807) is 17.9 Å². The van der Waals surface area contributed by atoms with E-state index in [-0.39, 0.29) is 11.5 Å². The van der Waals surface area contributed by atoms with Crippen molar-refractivity contribution in [2.45, 2.75) is 34.0 Å². The summed E-state index contributed by atoms with van der Waals surface area (Å²) in [7, 11) is 1.77. The van der Waals surface area contributed by atoms with Gasteiger partial charge in [-0.05, 0) is 0 Å². The van der Waals surface area contributed by atoms with Gasteiger partial charge in [-0.15, -0.1) is 8.78 Å². The van der Waals surface area contributed by atoms with E-state index in [2.05, 4.69) is 14.5 Å². The Morgan fingerprint density at radius 3 is 2.16 bits per heavy atom. The summed E-state index contributed by atoms with van der Waals surface area (Å²) >= 11 is 0. The van der Waals surface area contributed by atoms with Gasteiger partial charge in [0.1, 0.15) is 0 Å². The van der Waals surface area contributed by atoms with E-state index in [4.69, 9.17) is 0 Å². The standard InChI is InChI=1S/C9H6F2N2O2.2C2H6/c1-13-4-12-5-2-7-8(3-6(5)13)15-9(10,11)14-7;2*1-2/h2-4H,1H3;2*1-2H3. The number of nitrogens with zero attached hydrogens (tertiary/aromatic N) is 2. The molecule has 0 N–H and O–H groups in total. The van der Waals surface area contributed by atoms with Crippen LogP contribution < -0.4 is 9.47 Å². The summed E-state index contributed by atoms with van der Waals surface area (Å²) in [6, 6.07) is 2.92. The molecule has 1 aliphatic rings. The Morgan fingerprint density at radius 1 is 1.05 bits per heavy atom. The van der Waals surface area contributed by atoms with Gasteiger partial charge in [-0.25, -0.2) is 4.98 Å². The first-order chi connectivity index (χ1) is 9.05. The maximum atomic E-state index is 12.7. The van der Waals surface area contributed by atoms with Gasteiger partial charge >= 0.3 is 6.29 Å². The third-order valence-corrected chi connectivity index (χ3v) is 2.25. The summed E-state index contributed by atoms with van der Waals surface area (Å²) in [5.41, 5.74) is 1.31. The van der Waals surface area contributed by atoms with Crippen molar-refractivity contribution in [3.05, 3.63) is 18.5 Å². The second-order valence-electron chi connectivity index (χ2n) is 3.31. The molecule has 0 saturated heterocycles. The lowest BCUT2D eigenvalue weighted by molar-refractivity contribution is -0.286. The van der Waals surface area contributed by atoms with E-state index < -0.39 is 6.29 Å². The number of aryl methyl sites for hydroxylation is 1. The number of hydrogen-bond donors (Lipinski definition) is 0. The van der Waals surface area contributed by atoms with Crippen molar-refractivity contribution in [1.82, 2.24) is 9.55 Å². The largest absolute Gasteiger partial charge is 0.586 e. The Kier molecular flexibility index (Phi) is 4.69. The van der Waals surface area contributed by atoms with Crippen molar-refractivity contribution in [3.8, 4) is 11.5 Å². The van der Waals surface area contributed by atoms with Crippen LogP contribution in [0.15, 0.2) is 18.5 Å². The third kappa shape index (κ3) is 2.94. The van der Waals surface area contributed by atoms with Crippen LogP contribution in [0.3, 0.4) is 0 Å². The highest BCUT2D eigenvalue weighted by Crippen LogP contribution is 2.42. The van der Waals surface area contributed by atoms with Gasteiger partial charge in [-0.2, -0.15) is 0 Å². The number of hydrogen-bond acceptors (Lipinski definition) is 3. The number of imidazole rings is 1. The number of aromatic nitrogens is 2. The van der Waals surface area contributed by atoms with E-state index in [0.29, 0.717) is 5.52 Å². The van der Waals surface area contributed by atoms with Crippen molar-refractivity contribution in [1.29, 1.82) is 0 Å². The first-order valence-electron chi connectivity index (χ1n) is 6.26. The molecule has 1 aromatic carbocycles. The van der Waals surface area contributed by atoms with Gasteiger partial charge in [0.05, 0.1) is 17.4 Å². The average molecular weight is 272 g/mol. The van der Waals surface area contributed by atoms with Gasteiger partial charge in [0, 0.05) is 19.2 Å². The van der Waals surface area contributed by atoms with Crippen LogP contribution in [0.5, 0.6) is 11.5 Å². The molecule has 106 valence electrons. The summed E-state index contributed by atoms with van der Waals surface area (Å²) < 4.78 is 35.8. The average Bonchev–Trinajstić information content (AvgIpc) is 2.90. The minimum absolute atomic E-state index is 0.0196. The number of rotatable bonds is 0. The van der Waals surface area contributed by atoms with Crippen LogP contribution in [0.25, 0.3) is 11.0 Å². The number of halogens is 2. The fraction of sp³-hybridized carbons (Fsp3) is 0.462. The van der Waals surface area contributed by atoms with Crippen LogP contribution in [-0.2, 0) is 7.05 Å². The Hall–Kier alpha value is -1.85. The van der Waals surface area contributed by atoms with E-state index in [0.717, 1.165) is 5.52 Å². The van der Waals surface area contributed by atoms with E-state index in [1.807, 2.05) is 27.7 Å². The second-order valence-corrected chi connectivity index (χ2v) is 3.31. The topological polar surface area (TPSA) is 36.3 Å². The van der Waals surface area contributed by atoms with Crippen molar-refractivity contribution in [3.63, 3.8) is 0 Å². The molecular weight excluding hydrogens is 254 g/mol. The van der Waals surface area contributed by atoms with Crippen molar-refractivity contribution < 1.29 is 18.3 Å². The van der Waals surface area contributed by atoms with Crippen LogP contribution in [0.4, 0.5) is 8.78 Å². The molecule has 0 amide bonds. The summed E-state index contributed by atoms with van der Waals surface area (Å²) in [6.45, 7) is 8.00. The van der Waals surface area contributed by atoms with E-state index in [1.165, 1.54) is 12.1 Å². The first kappa shape index (κ1) is 15.2. The molecule has 0 unspecified atom stereocenters. The van der Waals surface area contributed by atoms with Gasteiger partial charge < -0.3 is 14.0 Å². The molecule has 19 heavy (non-hydrogen) atoms. The molecule has 0 saturated carbocycles. The Bertz CT molecular complexity index is 553. The Morgan fingerprint density at radius 2 is 1.58 bits per heavy atom. The monoisotopic (exact) mass is 272 g/mol. The molecule has 1 aromatic heterocycles.